The number of fused-ring (bicyclic) bond motifs is 1. The number of rotatable bonds is 4. The van der Waals surface area contributed by atoms with Crippen molar-refractivity contribution in [1.82, 2.24) is 20.5 Å². The van der Waals surface area contributed by atoms with Crippen molar-refractivity contribution in [3.63, 3.8) is 0 Å². The van der Waals surface area contributed by atoms with Crippen molar-refractivity contribution in [1.29, 1.82) is 0 Å². The van der Waals surface area contributed by atoms with Crippen molar-refractivity contribution in [2.75, 3.05) is 0 Å². The van der Waals surface area contributed by atoms with Crippen molar-refractivity contribution in [2.24, 2.45) is 5.92 Å². The monoisotopic (exact) mass is 306 g/mol. The molecule has 1 amide bonds. The minimum atomic E-state index is -0.0967. The van der Waals surface area contributed by atoms with E-state index in [4.69, 9.17) is 0 Å². The van der Waals surface area contributed by atoms with Crippen LogP contribution in [-0.4, -0.2) is 27.1 Å². The summed E-state index contributed by atoms with van der Waals surface area (Å²) in [4.78, 5) is 16.6. The van der Waals surface area contributed by atoms with Gasteiger partial charge in [0.15, 0.2) is 5.69 Å². The third-order valence-corrected chi connectivity index (χ3v) is 4.54. The number of amides is 1. The van der Waals surface area contributed by atoms with Crippen LogP contribution in [0.4, 0.5) is 0 Å². The van der Waals surface area contributed by atoms with Crippen molar-refractivity contribution in [3.05, 3.63) is 48.4 Å². The van der Waals surface area contributed by atoms with Crippen LogP contribution in [0.3, 0.4) is 0 Å². The molecule has 1 aliphatic rings. The Morgan fingerprint density at radius 1 is 1.35 bits per heavy atom. The fourth-order valence-corrected chi connectivity index (χ4v) is 3.01. The predicted molar refractivity (Wildman–Crippen MR) is 89.0 cm³/mol. The van der Waals surface area contributed by atoms with Crippen LogP contribution >= 0.6 is 0 Å². The van der Waals surface area contributed by atoms with Crippen LogP contribution in [0.15, 0.2) is 42.7 Å². The topological polar surface area (TPSA) is 70.7 Å². The molecule has 1 aromatic carbocycles. The van der Waals surface area contributed by atoms with E-state index in [0.717, 1.165) is 34.9 Å². The molecule has 0 radical (unpaired) electrons. The van der Waals surface area contributed by atoms with Crippen molar-refractivity contribution < 1.29 is 4.79 Å². The van der Waals surface area contributed by atoms with Gasteiger partial charge in [0, 0.05) is 29.4 Å². The molecule has 0 saturated heterocycles. The number of aromatic amines is 1. The smallest absolute Gasteiger partial charge is 0.272 e. The number of nitrogens with zero attached hydrogens (tertiary/aromatic N) is 2. The van der Waals surface area contributed by atoms with Crippen LogP contribution in [0.2, 0.25) is 0 Å². The number of aromatic nitrogens is 3. The van der Waals surface area contributed by atoms with Gasteiger partial charge < -0.3 is 5.32 Å². The van der Waals surface area contributed by atoms with E-state index >= 15 is 0 Å². The molecule has 1 aliphatic carbocycles. The quantitative estimate of drug-likeness (QED) is 0.778. The Labute approximate surface area is 134 Å². The molecule has 3 aromatic rings. The summed E-state index contributed by atoms with van der Waals surface area (Å²) in [5, 5.41) is 11.1. The van der Waals surface area contributed by atoms with E-state index < -0.39 is 0 Å². The van der Waals surface area contributed by atoms with E-state index in [1.54, 1.807) is 6.20 Å². The Balaban J connectivity index is 1.66. The average Bonchev–Trinajstić information content (AvgIpc) is 3.20. The van der Waals surface area contributed by atoms with Gasteiger partial charge in [-0.15, -0.1) is 0 Å². The molecule has 2 heterocycles. The molecule has 2 N–H and O–H groups in total. The highest BCUT2D eigenvalue weighted by Gasteiger charge is 2.37. The highest BCUT2D eigenvalue weighted by Crippen LogP contribution is 2.33. The fraction of sp³-hybridized carbons (Fsp3) is 0.278. The fourth-order valence-electron chi connectivity index (χ4n) is 3.01. The maximum absolute atomic E-state index is 12.5. The van der Waals surface area contributed by atoms with Crippen molar-refractivity contribution in [2.45, 2.75) is 25.8 Å². The van der Waals surface area contributed by atoms with Gasteiger partial charge in [-0.2, -0.15) is 5.10 Å². The van der Waals surface area contributed by atoms with Crippen LogP contribution in [0.25, 0.3) is 22.0 Å². The van der Waals surface area contributed by atoms with Gasteiger partial charge in [-0.05, 0) is 36.1 Å². The summed E-state index contributed by atoms with van der Waals surface area (Å²) >= 11 is 0. The molecule has 0 spiro atoms. The van der Waals surface area contributed by atoms with E-state index in [-0.39, 0.29) is 5.91 Å². The molecule has 2 atom stereocenters. The Kier molecular flexibility index (Phi) is 3.33. The predicted octanol–water partition coefficient (Wildman–Crippen LogP) is 3.15. The average molecular weight is 306 g/mol. The second-order valence-corrected chi connectivity index (χ2v) is 6.06. The summed E-state index contributed by atoms with van der Waals surface area (Å²) in [5.74, 6) is 0.524. The second kappa shape index (κ2) is 5.50. The molecule has 4 rings (SSSR count). The lowest BCUT2D eigenvalue weighted by molar-refractivity contribution is 0.0945. The van der Waals surface area contributed by atoms with E-state index in [1.165, 1.54) is 0 Å². The number of nitrogens with one attached hydrogen (secondary N) is 2. The molecule has 1 fully saturated rings. The number of benzene rings is 1. The minimum Gasteiger partial charge on any atom is -0.348 e. The zero-order valence-electron chi connectivity index (χ0n) is 12.9. The van der Waals surface area contributed by atoms with Crippen LogP contribution in [0.1, 0.15) is 30.3 Å². The Bertz CT molecular complexity index is 856. The first-order chi connectivity index (χ1) is 11.3. The Morgan fingerprint density at radius 2 is 2.26 bits per heavy atom. The molecule has 5 heteroatoms. The molecular formula is C18H18N4O. The Hall–Kier alpha value is -2.69. The van der Waals surface area contributed by atoms with E-state index in [1.807, 2.05) is 36.5 Å². The number of pyridine rings is 1. The van der Waals surface area contributed by atoms with Crippen molar-refractivity contribution >= 4 is 16.8 Å². The molecule has 2 aromatic heterocycles. The first-order valence-electron chi connectivity index (χ1n) is 7.95. The van der Waals surface area contributed by atoms with Crippen LogP contribution in [0, 0.1) is 5.92 Å². The van der Waals surface area contributed by atoms with Gasteiger partial charge in [0.1, 0.15) is 0 Å². The lowest BCUT2D eigenvalue weighted by atomic mass is 10.0. The van der Waals surface area contributed by atoms with Crippen molar-refractivity contribution in [3.8, 4) is 11.1 Å². The SMILES string of the molecule is CC[C@H]1CC1NC(=O)c1n[nH]c2ccc(-c3cccnc3)cc12. The highest BCUT2D eigenvalue weighted by molar-refractivity contribution is 6.05. The molecule has 1 saturated carbocycles. The number of hydrogen-bond donors (Lipinski definition) is 2. The van der Waals surface area contributed by atoms with E-state index in [9.17, 15) is 4.79 Å². The minimum absolute atomic E-state index is 0.0967. The lowest BCUT2D eigenvalue weighted by Crippen LogP contribution is -2.27. The molecule has 0 bridgehead atoms. The first kappa shape index (κ1) is 13.9. The van der Waals surface area contributed by atoms with Gasteiger partial charge >= 0.3 is 0 Å². The summed E-state index contributed by atoms with van der Waals surface area (Å²) in [7, 11) is 0. The summed E-state index contributed by atoms with van der Waals surface area (Å²) in [5.41, 5.74) is 3.38. The maximum atomic E-state index is 12.5. The maximum Gasteiger partial charge on any atom is 0.272 e. The van der Waals surface area contributed by atoms with Gasteiger partial charge in [0.25, 0.3) is 5.91 Å². The third kappa shape index (κ3) is 2.59. The zero-order chi connectivity index (χ0) is 15.8. The van der Waals surface area contributed by atoms with Crippen LogP contribution < -0.4 is 5.32 Å². The van der Waals surface area contributed by atoms with E-state index in [0.29, 0.717) is 17.7 Å². The van der Waals surface area contributed by atoms with Crippen LogP contribution in [0.5, 0.6) is 0 Å². The summed E-state index contributed by atoms with van der Waals surface area (Å²) in [6.45, 7) is 2.15. The standard InChI is InChI=1S/C18H18N4O/c1-2-11-9-16(11)20-18(23)17-14-8-12(5-6-15(14)21-22-17)13-4-3-7-19-10-13/h3-8,10-11,16H,2,9H2,1H3,(H,20,23)(H,21,22)/t11-,16?/m0/s1. The third-order valence-electron chi connectivity index (χ3n) is 4.54. The van der Waals surface area contributed by atoms with Gasteiger partial charge in [0.2, 0.25) is 0 Å². The van der Waals surface area contributed by atoms with Gasteiger partial charge in [-0.3, -0.25) is 14.9 Å². The van der Waals surface area contributed by atoms with Crippen LogP contribution in [-0.2, 0) is 0 Å². The zero-order valence-corrected chi connectivity index (χ0v) is 12.9. The molecular weight excluding hydrogens is 288 g/mol. The first-order valence-corrected chi connectivity index (χ1v) is 7.95. The van der Waals surface area contributed by atoms with Gasteiger partial charge in [-0.1, -0.05) is 25.5 Å². The summed E-state index contributed by atoms with van der Waals surface area (Å²) in [6.07, 6.45) is 5.75. The molecule has 0 aliphatic heterocycles. The molecule has 5 nitrogen and oxygen atoms in total. The molecule has 116 valence electrons. The van der Waals surface area contributed by atoms with Gasteiger partial charge in [-0.25, -0.2) is 0 Å². The molecule has 1 unspecified atom stereocenters. The second-order valence-electron chi connectivity index (χ2n) is 6.06. The normalized spacial score (nSPS) is 19.7. The lowest BCUT2D eigenvalue weighted by Gasteiger charge is -2.03. The number of hydrogen-bond acceptors (Lipinski definition) is 3. The highest BCUT2D eigenvalue weighted by atomic mass is 16.2. The Morgan fingerprint density at radius 3 is 3.00 bits per heavy atom. The summed E-state index contributed by atoms with van der Waals surface area (Å²) in [6, 6.07) is 10.2. The number of carbonyl (C=O) groups is 1. The summed E-state index contributed by atoms with van der Waals surface area (Å²) < 4.78 is 0. The number of carbonyl (C=O) groups excluding carboxylic acids is 1. The molecule has 23 heavy (non-hydrogen) atoms. The number of H-pyrrole nitrogens is 1. The van der Waals surface area contributed by atoms with Gasteiger partial charge in [0.05, 0.1) is 5.52 Å². The largest absolute Gasteiger partial charge is 0.348 e. The van der Waals surface area contributed by atoms with E-state index in [2.05, 4.69) is 27.4 Å².